The third-order valence-corrected chi connectivity index (χ3v) is 4.75. The first-order valence-corrected chi connectivity index (χ1v) is 9.35. The average molecular weight is 371 g/mol. The number of carbonyl (C=O) groups is 1. The molecule has 0 radical (unpaired) electrons. The summed E-state index contributed by atoms with van der Waals surface area (Å²) in [7, 11) is 1.93. The summed E-state index contributed by atoms with van der Waals surface area (Å²) >= 11 is 0. The Kier molecular flexibility index (Phi) is 6.76. The molecule has 0 spiro atoms. The maximum atomic E-state index is 13.7. The summed E-state index contributed by atoms with van der Waals surface area (Å²) in [5, 5.41) is 0. The minimum Gasteiger partial charge on any atom is -0.490 e. The number of likely N-dealkylation sites (N-methyl/N-ethyl adjacent to an activating group) is 1. The number of ether oxygens (including phenoxy) is 1. The number of benzene rings is 1. The highest BCUT2D eigenvalue weighted by molar-refractivity contribution is 5.78. The predicted molar refractivity (Wildman–Crippen MR) is 102 cm³/mol. The van der Waals surface area contributed by atoms with E-state index < -0.39 is 0 Å². The van der Waals surface area contributed by atoms with E-state index >= 15 is 0 Å². The van der Waals surface area contributed by atoms with Gasteiger partial charge < -0.3 is 9.64 Å². The van der Waals surface area contributed by atoms with Crippen molar-refractivity contribution in [2.45, 2.75) is 19.4 Å². The van der Waals surface area contributed by atoms with Crippen molar-refractivity contribution in [1.82, 2.24) is 14.8 Å². The molecule has 1 aromatic carbocycles. The Hall–Kier alpha value is -2.47. The van der Waals surface area contributed by atoms with E-state index in [1.807, 2.05) is 35.0 Å². The van der Waals surface area contributed by atoms with Crippen LogP contribution < -0.4 is 4.74 Å². The first-order valence-electron chi connectivity index (χ1n) is 9.35. The van der Waals surface area contributed by atoms with Gasteiger partial charge in [-0.1, -0.05) is 18.2 Å². The van der Waals surface area contributed by atoms with Gasteiger partial charge >= 0.3 is 0 Å². The fourth-order valence-electron chi connectivity index (χ4n) is 3.35. The smallest absolute Gasteiger partial charge is 0.236 e. The van der Waals surface area contributed by atoms with E-state index in [9.17, 15) is 9.18 Å². The number of hydrogen-bond acceptors (Lipinski definition) is 4. The minimum atomic E-state index is -0.350. The highest BCUT2D eigenvalue weighted by Crippen LogP contribution is 2.21. The molecule has 0 saturated carbocycles. The van der Waals surface area contributed by atoms with Gasteiger partial charge in [-0.15, -0.1) is 0 Å². The topological polar surface area (TPSA) is 45.7 Å². The molecule has 6 heteroatoms. The van der Waals surface area contributed by atoms with Crippen molar-refractivity contribution < 1.29 is 13.9 Å². The lowest BCUT2D eigenvalue weighted by atomic mass is 9.99. The van der Waals surface area contributed by atoms with Gasteiger partial charge in [0.25, 0.3) is 0 Å². The van der Waals surface area contributed by atoms with Crippen molar-refractivity contribution in [3.8, 4) is 5.75 Å². The van der Waals surface area contributed by atoms with Gasteiger partial charge in [0.15, 0.2) is 11.6 Å². The van der Waals surface area contributed by atoms with Gasteiger partial charge in [-0.25, -0.2) is 4.39 Å². The van der Waals surface area contributed by atoms with Gasteiger partial charge in [0.2, 0.25) is 5.91 Å². The summed E-state index contributed by atoms with van der Waals surface area (Å²) in [5.74, 6) is 0.265. The Bertz CT molecular complexity index is 741. The molecule has 1 atom stereocenters. The molecule has 2 aromatic rings. The van der Waals surface area contributed by atoms with E-state index in [4.69, 9.17) is 4.74 Å². The second-order valence-corrected chi connectivity index (χ2v) is 7.08. The maximum Gasteiger partial charge on any atom is 0.236 e. The van der Waals surface area contributed by atoms with Crippen LogP contribution in [0.2, 0.25) is 0 Å². The molecule has 2 heterocycles. The number of halogens is 1. The number of hydrogen-bond donors (Lipinski definition) is 0. The Morgan fingerprint density at radius 3 is 2.89 bits per heavy atom. The Morgan fingerprint density at radius 1 is 1.30 bits per heavy atom. The minimum absolute atomic E-state index is 0.115. The van der Waals surface area contributed by atoms with Crippen molar-refractivity contribution in [2.24, 2.45) is 5.92 Å². The Morgan fingerprint density at radius 2 is 2.11 bits per heavy atom. The van der Waals surface area contributed by atoms with Gasteiger partial charge in [0, 0.05) is 31.7 Å². The summed E-state index contributed by atoms with van der Waals surface area (Å²) < 4.78 is 19.3. The number of amides is 1. The number of pyridine rings is 1. The van der Waals surface area contributed by atoms with Crippen molar-refractivity contribution in [1.29, 1.82) is 0 Å². The maximum absolute atomic E-state index is 13.7. The summed E-state index contributed by atoms with van der Waals surface area (Å²) in [6.45, 7) is 2.85. The molecule has 1 aromatic heterocycles. The van der Waals surface area contributed by atoms with Crippen LogP contribution in [0.3, 0.4) is 0 Å². The number of carbonyl (C=O) groups excluding carboxylic acids is 1. The standard InChI is InChI=1S/C21H26FN3O2/c1-24(14-18-8-4-5-11-23-18)15-21(26)25-12-6-7-17(13-25)16-27-20-10-3-2-9-19(20)22/h2-5,8-11,17H,6-7,12-16H2,1H3. The van der Waals surface area contributed by atoms with E-state index in [0.29, 0.717) is 26.2 Å². The van der Waals surface area contributed by atoms with Crippen LogP contribution in [0.25, 0.3) is 0 Å². The number of para-hydroxylation sites is 1. The van der Waals surface area contributed by atoms with Crippen molar-refractivity contribution >= 4 is 5.91 Å². The van der Waals surface area contributed by atoms with E-state index in [0.717, 1.165) is 25.1 Å². The second kappa shape index (κ2) is 9.46. The third kappa shape index (κ3) is 5.76. The Labute approximate surface area is 159 Å². The molecule has 1 saturated heterocycles. The van der Waals surface area contributed by atoms with Crippen LogP contribution in [0.4, 0.5) is 4.39 Å². The van der Waals surface area contributed by atoms with Gasteiger partial charge in [0.05, 0.1) is 18.8 Å². The zero-order valence-electron chi connectivity index (χ0n) is 15.7. The second-order valence-electron chi connectivity index (χ2n) is 7.08. The molecular formula is C21H26FN3O2. The molecule has 0 aliphatic carbocycles. The van der Waals surface area contributed by atoms with E-state index in [2.05, 4.69) is 4.98 Å². The van der Waals surface area contributed by atoms with E-state index in [-0.39, 0.29) is 23.4 Å². The summed E-state index contributed by atoms with van der Waals surface area (Å²) in [6.07, 6.45) is 3.69. The molecule has 144 valence electrons. The first-order chi connectivity index (χ1) is 13.1. The van der Waals surface area contributed by atoms with Crippen LogP contribution in [0, 0.1) is 11.7 Å². The quantitative estimate of drug-likeness (QED) is 0.751. The van der Waals surface area contributed by atoms with Gasteiger partial charge in [-0.2, -0.15) is 0 Å². The lowest BCUT2D eigenvalue weighted by Gasteiger charge is -2.33. The fraction of sp³-hybridized carbons (Fsp3) is 0.429. The van der Waals surface area contributed by atoms with Crippen LogP contribution in [0.5, 0.6) is 5.75 Å². The summed E-state index contributed by atoms with van der Waals surface area (Å²) in [5.41, 5.74) is 0.947. The zero-order valence-corrected chi connectivity index (χ0v) is 15.7. The van der Waals surface area contributed by atoms with E-state index in [1.165, 1.54) is 6.07 Å². The number of rotatable bonds is 7. The van der Waals surface area contributed by atoms with Crippen molar-refractivity contribution in [3.63, 3.8) is 0 Å². The largest absolute Gasteiger partial charge is 0.490 e. The molecule has 27 heavy (non-hydrogen) atoms. The van der Waals surface area contributed by atoms with Crippen molar-refractivity contribution in [2.75, 3.05) is 33.3 Å². The molecule has 3 rings (SSSR count). The first kappa shape index (κ1) is 19.3. The highest BCUT2D eigenvalue weighted by Gasteiger charge is 2.25. The monoisotopic (exact) mass is 371 g/mol. The number of nitrogens with zero attached hydrogens (tertiary/aromatic N) is 3. The fourth-order valence-corrected chi connectivity index (χ4v) is 3.35. The van der Waals surface area contributed by atoms with Crippen LogP contribution in [-0.4, -0.2) is 54.0 Å². The van der Waals surface area contributed by atoms with Crippen LogP contribution in [-0.2, 0) is 11.3 Å². The SMILES string of the molecule is CN(CC(=O)N1CCCC(COc2ccccc2F)C1)Cc1ccccn1. The average Bonchev–Trinajstić information content (AvgIpc) is 2.68. The molecule has 1 aliphatic heterocycles. The Balaban J connectivity index is 1.47. The predicted octanol–water partition coefficient (Wildman–Crippen LogP) is 2.97. The number of likely N-dealkylation sites (tertiary alicyclic amines) is 1. The van der Waals surface area contributed by atoms with Gasteiger partial charge in [0.1, 0.15) is 0 Å². The molecule has 0 bridgehead atoms. The van der Waals surface area contributed by atoms with Gasteiger partial charge in [-0.3, -0.25) is 14.7 Å². The molecule has 1 fully saturated rings. The van der Waals surface area contributed by atoms with Crippen LogP contribution in [0.15, 0.2) is 48.7 Å². The lowest BCUT2D eigenvalue weighted by Crippen LogP contribution is -2.45. The summed E-state index contributed by atoms with van der Waals surface area (Å²) in [4.78, 5) is 20.8. The third-order valence-electron chi connectivity index (χ3n) is 4.75. The zero-order chi connectivity index (χ0) is 19.1. The highest BCUT2D eigenvalue weighted by atomic mass is 19.1. The van der Waals surface area contributed by atoms with Crippen LogP contribution >= 0.6 is 0 Å². The molecule has 1 unspecified atom stereocenters. The van der Waals surface area contributed by atoms with Crippen LogP contribution in [0.1, 0.15) is 18.5 Å². The molecule has 1 amide bonds. The van der Waals surface area contributed by atoms with Crippen molar-refractivity contribution in [3.05, 3.63) is 60.2 Å². The number of piperidine rings is 1. The van der Waals surface area contributed by atoms with Gasteiger partial charge in [-0.05, 0) is 44.2 Å². The summed E-state index contributed by atoms with van der Waals surface area (Å²) in [6, 6.07) is 12.2. The molecule has 5 nitrogen and oxygen atoms in total. The molecule has 1 aliphatic rings. The normalized spacial score (nSPS) is 17.1. The lowest BCUT2D eigenvalue weighted by molar-refractivity contribution is -0.134. The molecular weight excluding hydrogens is 345 g/mol. The van der Waals surface area contributed by atoms with E-state index in [1.54, 1.807) is 24.4 Å². The number of aromatic nitrogens is 1. The molecule has 0 N–H and O–H groups in total.